The number of ketones is 2. The number of ether oxygens (including phenoxy) is 2. The smallest absolute Gasteiger partial charge is 0.407 e. The van der Waals surface area contributed by atoms with Crippen molar-refractivity contribution in [1.82, 2.24) is 5.32 Å². The number of nitriles is 1. The summed E-state index contributed by atoms with van der Waals surface area (Å²) in [5.41, 5.74) is 2.70. The molecule has 0 fully saturated rings. The minimum atomic E-state index is -0.769. The van der Waals surface area contributed by atoms with Gasteiger partial charge in [0.25, 0.3) is 0 Å². The largest absolute Gasteiger partial charge is 0.481 e. The Hall–Kier alpha value is -5.30. The van der Waals surface area contributed by atoms with Crippen molar-refractivity contribution in [3.05, 3.63) is 107 Å². The number of esters is 1. The summed E-state index contributed by atoms with van der Waals surface area (Å²) < 4.78 is 10.5. The Bertz CT molecular complexity index is 1480. The average Bonchev–Trinajstić information content (AvgIpc) is 3.16. The van der Waals surface area contributed by atoms with Gasteiger partial charge in [0.15, 0.2) is 5.78 Å². The van der Waals surface area contributed by atoms with Gasteiger partial charge >= 0.3 is 18.0 Å². The second-order valence-electron chi connectivity index (χ2n) is 12.8. The monoisotopic (exact) mass is 730 g/mol. The number of aryl methyl sites for hydroxylation is 1. The molecule has 1 amide bonds. The molecule has 0 saturated carbocycles. The zero-order valence-electron chi connectivity index (χ0n) is 32.1. The van der Waals surface area contributed by atoms with Gasteiger partial charge in [0.1, 0.15) is 18.0 Å². The van der Waals surface area contributed by atoms with Crippen LogP contribution in [0.1, 0.15) is 131 Å². The molecule has 0 bridgehead atoms. The number of hydrogen-bond acceptors (Lipinski definition) is 8. The van der Waals surface area contributed by atoms with E-state index in [0.717, 1.165) is 48.8 Å². The number of nitrogens with one attached hydrogen (secondary N) is 1. The average molecular weight is 731 g/mol. The zero-order chi connectivity index (χ0) is 39.9. The number of carboxylic acids is 1. The Morgan fingerprint density at radius 2 is 1.21 bits per heavy atom. The molecule has 0 unspecified atom stereocenters. The molecule has 0 aliphatic carbocycles. The third-order valence-electron chi connectivity index (χ3n) is 7.29. The Morgan fingerprint density at radius 3 is 1.79 bits per heavy atom. The van der Waals surface area contributed by atoms with Gasteiger partial charge in [-0.25, -0.2) is 14.9 Å². The van der Waals surface area contributed by atoms with Crippen molar-refractivity contribution in [3.8, 4) is 6.57 Å². The van der Waals surface area contributed by atoms with Crippen molar-refractivity contribution >= 4 is 29.6 Å². The van der Waals surface area contributed by atoms with Gasteiger partial charge in [0, 0.05) is 44.4 Å². The van der Waals surface area contributed by atoms with Crippen LogP contribution in [-0.4, -0.2) is 46.9 Å². The van der Waals surface area contributed by atoms with E-state index in [1.807, 2.05) is 95.3 Å². The standard InChI is InChI=1S/C27H35NO5.C13H16O3.C2H6.CHN/c1-27(2,3)33-25(30)23-16-13-21(14-17-23)15-18-24(29)12-8-5-9-19-28-26(31)32-20-22-10-6-4-7-11-22;14-12(11-7-3-1-4-8-11)9-5-2-6-10-13(15)16;2*1-2/h4,6-7,10-11,13-14,16-17H,5,8-9,12,15,18-20H2,1-3H3,(H,28,31);1,3-4,7-8H,2,5-6,9-10H2,(H,15,16);1-2H3;1H. The van der Waals surface area contributed by atoms with Gasteiger partial charge in [-0.3, -0.25) is 14.4 Å². The SMILES string of the molecule is C#N.CC.CC(C)(C)OC(=O)c1ccc(CCC(=O)CCCCCNC(=O)OCc2ccccc2)cc1.O=C(O)CCCCCC(=O)c1ccccc1. The third kappa shape index (κ3) is 25.3. The van der Waals surface area contributed by atoms with Crippen molar-refractivity contribution in [1.29, 1.82) is 5.26 Å². The fourth-order valence-corrected chi connectivity index (χ4v) is 4.65. The lowest BCUT2D eigenvalue weighted by molar-refractivity contribution is -0.137. The number of carbonyl (C=O) groups excluding carboxylic acids is 4. The normalized spacial score (nSPS) is 10.0. The van der Waals surface area contributed by atoms with Crippen molar-refractivity contribution in [3.63, 3.8) is 0 Å². The van der Waals surface area contributed by atoms with E-state index < -0.39 is 17.7 Å². The number of amides is 1. The predicted molar refractivity (Wildman–Crippen MR) is 208 cm³/mol. The molecule has 2 N–H and O–H groups in total. The first-order valence-corrected chi connectivity index (χ1v) is 18.3. The fourth-order valence-electron chi connectivity index (χ4n) is 4.65. The molecule has 0 aliphatic heterocycles. The first-order valence-electron chi connectivity index (χ1n) is 18.3. The van der Waals surface area contributed by atoms with Gasteiger partial charge in [-0.1, -0.05) is 99.5 Å². The van der Waals surface area contributed by atoms with E-state index in [1.54, 1.807) is 24.3 Å². The maximum Gasteiger partial charge on any atom is 0.407 e. The summed E-state index contributed by atoms with van der Waals surface area (Å²) in [6, 6.07) is 25.9. The van der Waals surface area contributed by atoms with Crippen LogP contribution in [0.2, 0.25) is 0 Å². The number of unbranched alkanes of at least 4 members (excludes halogenated alkanes) is 4. The highest BCUT2D eigenvalue weighted by molar-refractivity contribution is 5.95. The molecule has 0 atom stereocenters. The minimum absolute atomic E-state index is 0.135. The lowest BCUT2D eigenvalue weighted by atomic mass is 10.0. The summed E-state index contributed by atoms with van der Waals surface area (Å²) in [6.45, 7) is 13.8. The fraction of sp³-hybridized carbons (Fsp3) is 0.442. The maximum atomic E-state index is 12.1. The molecule has 0 heterocycles. The molecule has 0 aromatic heterocycles. The van der Waals surface area contributed by atoms with E-state index in [0.29, 0.717) is 44.2 Å². The van der Waals surface area contributed by atoms with Crippen LogP contribution in [0.5, 0.6) is 0 Å². The molecule has 10 heteroatoms. The number of nitrogens with zero attached hydrogens (tertiary/aromatic N) is 1. The highest BCUT2D eigenvalue weighted by atomic mass is 16.6. The zero-order valence-corrected chi connectivity index (χ0v) is 32.1. The summed E-state index contributed by atoms with van der Waals surface area (Å²) in [6.07, 6.45) is 6.64. The number of aliphatic carboxylic acids is 1. The second-order valence-corrected chi connectivity index (χ2v) is 12.8. The molecule has 3 rings (SSSR count). The number of alkyl carbamates (subject to hydrolysis) is 1. The van der Waals surface area contributed by atoms with Gasteiger partial charge in [-0.05, 0) is 76.1 Å². The minimum Gasteiger partial charge on any atom is -0.481 e. The molecule has 0 spiro atoms. The summed E-state index contributed by atoms with van der Waals surface area (Å²) in [5, 5.41) is 17.7. The van der Waals surface area contributed by atoms with Crippen LogP contribution in [0.15, 0.2) is 84.9 Å². The first-order chi connectivity index (χ1) is 25.4. The highest BCUT2D eigenvalue weighted by Gasteiger charge is 2.17. The van der Waals surface area contributed by atoms with Crippen LogP contribution in [0.3, 0.4) is 0 Å². The molecule has 3 aromatic rings. The van der Waals surface area contributed by atoms with E-state index in [9.17, 15) is 24.0 Å². The van der Waals surface area contributed by atoms with E-state index in [2.05, 4.69) is 11.9 Å². The number of rotatable bonds is 19. The number of hydrogen-bond donors (Lipinski definition) is 2. The summed E-state index contributed by atoms with van der Waals surface area (Å²) >= 11 is 0. The Balaban J connectivity index is 0.00000113. The van der Waals surface area contributed by atoms with Crippen LogP contribution in [-0.2, 0) is 32.1 Å². The van der Waals surface area contributed by atoms with Crippen molar-refractivity contribution in [2.45, 2.75) is 117 Å². The summed E-state index contributed by atoms with van der Waals surface area (Å²) in [7, 11) is 0. The molecular weight excluding hydrogens is 672 g/mol. The molecule has 0 aliphatic rings. The molecule has 10 nitrogen and oxygen atoms in total. The van der Waals surface area contributed by atoms with Crippen LogP contribution in [0.4, 0.5) is 4.79 Å². The molecule has 53 heavy (non-hydrogen) atoms. The third-order valence-corrected chi connectivity index (χ3v) is 7.29. The van der Waals surface area contributed by atoms with Crippen LogP contribution < -0.4 is 5.32 Å². The molecule has 0 saturated heterocycles. The lowest BCUT2D eigenvalue weighted by Crippen LogP contribution is -2.25. The quantitative estimate of drug-likeness (QED) is 0.0695. The molecular formula is C43H58N2O8. The van der Waals surface area contributed by atoms with Crippen LogP contribution >= 0.6 is 0 Å². The van der Waals surface area contributed by atoms with E-state index in [4.69, 9.17) is 19.8 Å². The Kier molecular flexibility index (Phi) is 26.4. The lowest BCUT2D eigenvalue weighted by Gasteiger charge is -2.19. The number of carbonyl (C=O) groups is 5. The van der Waals surface area contributed by atoms with E-state index >= 15 is 0 Å². The second kappa shape index (κ2) is 29.3. The van der Waals surface area contributed by atoms with Crippen molar-refractivity contribution in [2.24, 2.45) is 0 Å². The molecule has 0 radical (unpaired) electrons. The van der Waals surface area contributed by atoms with Crippen molar-refractivity contribution in [2.75, 3.05) is 6.54 Å². The maximum absolute atomic E-state index is 12.1. The van der Waals surface area contributed by atoms with Gasteiger partial charge in [-0.15, -0.1) is 0 Å². The number of Topliss-reactive ketones (excluding diaryl/α,β-unsaturated/α-hetero) is 2. The Labute approximate surface area is 315 Å². The number of carboxylic acid groups (broad SMARTS) is 1. The van der Waals surface area contributed by atoms with Crippen LogP contribution in [0, 0.1) is 11.8 Å². The van der Waals surface area contributed by atoms with Crippen molar-refractivity contribution < 1.29 is 38.6 Å². The molecule has 3 aromatic carbocycles. The van der Waals surface area contributed by atoms with E-state index in [1.165, 1.54) is 0 Å². The van der Waals surface area contributed by atoms with Gasteiger partial charge in [0.05, 0.1) is 5.56 Å². The van der Waals surface area contributed by atoms with E-state index in [-0.39, 0.29) is 30.6 Å². The topological polar surface area (TPSA) is 160 Å². The summed E-state index contributed by atoms with van der Waals surface area (Å²) in [4.78, 5) is 57.8. The van der Waals surface area contributed by atoms with Crippen LogP contribution in [0.25, 0.3) is 0 Å². The highest BCUT2D eigenvalue weighted by Crippen LogP contribution is 2.14. The van der Waals surface area contributed by atoms with Gasteiger partial charge < -0.3 is 19.9 Å². The van der Waals surface area contributed by atoms with Gasteiger partial charge in [0.2, 0.25) is 0 Å². The number of benzene rings is 3. The van der Waals surface area contributed by atoms with Gasteiger partial charge in [-0.2, -0.15) is 0 Å². The first kappa shape index (κ1) is 47.7. The predicted octanol–water partition coefficient (Wildman–Crippen LogP) is 9.70. The molecule has 288 valence electrons. The summed E-state index contributed by atoms with van der Waals surface area (Å²) in [5.74, 6) is -0.754. The Morgan fingerprint density at radius 1 is 0.660 bits per heavy atom.